The van der Waals surface area contributed by atoms with Crippen LogP contribution >= 0.6 is 11.3 Å². The van der Waals surface area contributed by atoms with Gasteiger partial charge in [0.2, 0.25) is 5.91 Å². The number of aromatic nitrogens is 2. The molecule has 2 aromatic heterocycles. The van der Waals surface area contributed by atoms with Gasteiger partial charge in [-0.05, 0) is 38.2 Å². The lowest BCUT2D eigenvalue weighted by atomic mass is 9.86. The van der Waals surface area contributed by atoms with Crippen molar-refractivity contribution in [3.63, 3.8) is 0 Å². The predicted octanol–water partition coefficient (Wildman–Crippen LogP) is 2.77. The van der Waals surface area contributed by atoms with Gasteiger partial charge in [0.1, 0.15) is 11.4 Å². The summed E-state index contributed by atoms with van der Waals surface area (Å²) < 4.78 is 1.42. The number of carbonyl (C=O) groups is 1. The Kier molecular flexibility index (Phi) is 4.53. The number of thiophene rings is 1. The number of aryl methyl sites for hydroxylation is 2. The van der Waals surface area contributed by atoms with Crippen LogP contribution in [-0.2, 0) is 11.3 Å². The predicted molar refractivity (Wildman–Crippen MR) is 92.9 cm³/mol. The van der Waals surface area contributed by atoms with E-state index in [1.165, 1.54) is 28.7 Å². The molecule has 0 spiro atoms. The highest BCUT2D eigenvalue weighted by molar-refractivity contribution is 7.18. The molecule has 1 fully saturated rings. The number of rotatable bonds is 3. The molecule has 1 saturated carbocycles. The average molecular weight is 333 g/mol. The van der Waals surface area contributed by atoms with Crippen LogP contribution < -0.4 is 10.9 Å². The zero-order valence-corrected chi connectivity index (χ0v) is 14.7. The second-order valence-corrected chi connectivity index (χ2v) is 7.78. The molecule has 1 amide bonds. The average Bonchev–Trinajstić information content (AvgIpc) is 2.80. The summed E-state index contributed by atoms with van der Waals surface area (Å²) in [5.41, 5.74) is 0.849. The zero-order chi connectivity index (χ0) is 16.6. The third kappa shape index (κ3) is 3.17. The Morgan fingerprint density at radius 1 is 1.39 bits per heavy atom. The van der Waals surface area contributed by atoms with Gasteiger partial charge < -0.3 is 5.32 Å². The van der Waals surface area contributed by atoms with Crippen LogP contribution in [0.5, 0.6) is 0 Å². The number of fused-ring (bicyclic) bond motifs is 1. The summed E-state index contributed by atoms with van der Waals surface area (Å²) in [6.07, 6.45) is 6.08. The van der Waals surface area contributed by atoms with Crippen LogP contribution in [0.25, 0.3) is 10.2 Å². The van der Waals surface area contributed by atoms with Gasteiger partial charge in [-0.3, -0.25) is 14.2 Å². The normalized spacial score (nSPS) is 21.5. The molecule has 2 atom stereocenters. The highest BCUT2D eigenvalue weighted by Gasteiger charge is 2.23. The Bertz CT molecular complexity index is 793. The van der Waals surface area contributed by atoms with Crippen LogP contribution in [0.15, 0.2) is 11.1 Å². The lowest BCUT2D eigenvalue weighted by Crippen LogP contribution is -2.43. The first kappa shape index (κ1) is 16.2. The number of nitrogens with zero attached hydrogens (tertiary/aromatic N) is 2. The maximum absolute atomic E-state index is 12.6. The minimum Gasteiger partial charge on any atom is -0.352 e. The van der Waals surface area contributed by atoms with Gasteiger partial charge in [-0.15, -0.1) is 11.3 Å². The second-order valence-electron chi connectivity index (χ2n) is 6.58. The number of nitrogens with one attached hydrogen (secondary N) is 1. The van der Waals surface area contributed by atoms with Crippen LogP contribution in [0.1, 0.15) is 43.0 Å². The second kappa shape index (κ2) is 6.43. The van der Waals surface area contributed by atoms with Gasteiger partial charge in [-0.25, -0.2) is 4.98 Å². The van der Waals surface area contributed by atoms with Crippen molar-refractivity contribution in [2.75, 3.05) is 0 Å². The van der Waals surface area contributed by atoms with Gasteiger partial charge in [0.05, 0.1) is 11.7 Å². The fourth-order valence-corrected chi connectivity index (χ4v) is 4.31. The lowest BCUT2D eigenvalue weighted by Gasteiger charge is -2.29. The number of amides is 1. The molecule has 23 heavy (non-hydrogen) atoms. The molecule has 3 rings (SSSR count). The van der Waals surface area contributed by atoms with Gasteiger partial charge >= 0.3 is 0 Å². The number of hydrogen-bond acceptors (Lipinski definition) is 4. The molecule has 0 aromatic carbocycles. The van der Waals surface area contributed by atoms with Crippen molar-refractivity contribution in [3.8, 4) is 0 Å². The van der Waals surface area contributed by atoms with E-state index in [9.17, 15) is 9.59 Å². The van der Waals surface area contributed by atoms with Crippen molar-refractivity contribution in [3.05, 3.63) is 27.1 Å². The van der Waals surface area contributed by atoms with E-state index in [2.05, 4.69) is 17.2 Å². The maximum atomic E-state index is 12.6. The molecule has 6 heteroatoms. The molecule has 0 unspecified atom stereocenters. The number of carbonyl (C=O) groups excluding carboxylic acids is 1. The van der Waals surface area contributed by atoms with E-state index in [0.717, 1.165) is 34.5 Å². The van der Waals surface area contributed by atoms with Gasteiger partial charge in [-0.1, -0.05) is 19.8 Å². The van der Waals surface area contributed by atoms with Crippen LogP contribution in [0.2, 0.25) is 0 Å². The molecule has 2 aromatic rings. The summed E-state index contributed by atoms with van der Waals surface area (Å²) in [5.74, 6) is 0.406. The molecule has 5 nitrogen and oxygen atoms in total. The smallest absolute Gasteiger partial charge is 0.262 e. The van der Waals surface area contributed by atoms with E-state index in [-0.39, 0.29) is 24.1 Å². The maximum Gasteiger partial charge on any atom is 0.262 e. The zero-order valence-electron chi connectivity index (χ0n) is 13.9. The van der Waals surface area contributed by atoms with E-state index in [1.807, 2.05) is 13.8 Å². The van der Waals surface area contributed by atoms with Gasteiger partial charge in [0, 0.05) is 10.9 Å². The summed E-state index contributed by atoms with van der Waals surface area (Å²) >= 11 is 1.52. The van der Waals surface area contributed by atoms with Crippen LogP contribution in [0.3, 0.4) is 0 Å². The van der Waals surface area contributed by atoms with E-state index >= 15 is 0 Å². The van der Waals surface area contributed by atoms with Crippen molar-refractivity contribution in [1.82, 2.24) is 14.9 Å². The Morgan fingerprint density at radius 3 is 2.87 bits per heavy atom. The molecular weight excluding hydrogens is 310 g/mol. The van der Waals surface area contributed by atoms with Crippen LogP contribution in [0.4, 0.5) is 0 Å². The molecule has 124 valence electrons. The van der Waals surface area contributed by atoms with Gasteiger partial charge in [-0.2, -0.15) is 0 Å². The summed E-state index contributed by atoms with van der Waals surface area (Å²) in [6, 6.07) is 0.230. The van der Waals surface area contributed by atoms with Crippen LogP contribution in [-0.4, -0.2) is 21.5 Å². The molecule has 1 aliphatic carbocycles. The Morgan fingerprint density at radius 2 is 2.13 bits per heavy atom. The van der Waals surface area contributed by atoms with Crippen molar-refractivity contribution in [2.24, 2.45) is 5.92 Å². The minimum atomic E-state index is -0.122. The Hall–Kier alpha value is -1.69. The standard InChI is InChI=1S/C17H23N3O2S/c1-10-6-4-5-7-13(10)19-14(21)8-20-9-18-16-15(17(20)22)11(2)12(3)23-16/h9-10,13H,4-8H2,1-3H3,(H,19,21)/t10-,13+/m0/s1. The van der Waals surface area contributed by atoms with Gasteiger partial charge in [0.15, 0.2) is 0 Å². The first-order valence-electron chi connectivity index (χ1n) is 8.22. The first-order chi connectivity index (χ1) is 11.0. The molecular formula is C17H23N3O2S. The monoisotopic (exact) mass is 333 g/mol. The van der Waals surface area contributed by atoms with E-state index in [1.54, 1.807) is 0 Å². The molecule has 1 aliphatic rings. The van der Waals surface area contributed by atoms with Gasteiger partial charge in [0.25, 0.3) is 5.56 Å². The summed E-state index contributed by atoms with van der Waals surface area (Å²) in [5, 5.41) is 3.74. The number of hydrogen-bond donors (Lipinski definition) is 1. The van der Waals surface area contributed by atoms with E-state index < -0.39 is 0 Å². The summed E-state index contributed by atoms with van der Waals surface area (Å²) in [6.45, 7) is 6.15. The molecule has 1 N–H and O–H groups in total. The highest BCUT2D eigenvalue weighted by Crippen LogP contribution is 2.25. The topological polar surface area (TPSA) is 64.0 Å². The quantitative estimate of drug-likeness (QED) is 0.939. The third-order valence-corrected chi connectivity index (χ3v) is 6.04. The first-order valence-corrected chi connectivity index (χ1v) is 9.03. The molecule has 0 radical (unpaired) electrons. The summed E-state index contributed by atoms with van der Waals surface area (Å²) in [7, 11) is 0. The van der Waals surface area contributed by atoms with Crippen molar-refractivity contribution >= 4 is 27.5 Å². The van der Waals surface area contributed by atoms with E-state index in [0.29, 0.717) is 11.3 Å². The molecule has 0 saturated heterocycles. The van der Waals surface area contributed by atoms with E-state index in [4.69, 9.17) is 0 Å². The minimum absolute atomic E-state index is 0.0410. The Balaban J connectivity index is 1.78. The fourth-order valence-electron chi connectivity index (χ4n) is 3.32. The van der Waals surface area contributed by atoms with Crippen molar-refractivity contribution in [2.45, 2.75) is 59.0 Å². The highest BCUT2D eigenvalue weighted by atomic mass is 32.1. The molecule has 2 heterocycles. The van der Waals surface area contributed by atoms with Crippen molar-refractivity contribution in [1.29, 1.82) is 0 Å². The van der Waals surface area contributed by atoms with Crippen molar-refractivity contribution < 1.29 is 4.79 Å². The molecule has 0 bridgehead atoms. The third-order valence-electron chi connectivity index (χ3n) is 4.93. The fraction of sp³-hybridized carbons (Fsp3) is 0.588. The summed E-state index contributed by atoms with van der Waals surface area (Å²) in [4.78, 5) is 31.1. The largest absolute Gasteiger partial charge is 0.352 e. The Labute approximate surface area is 139 Å². The SMILES string of the molecule is Cc1sc2ncn(CC(=O)N[C@@H]3CCCC[C@@H]3C)c(=O)c2c1C. The molecule has 0 aliphatic heterocycles. The lowest BCUT2D eigenvalue weighted by molar-refractivity contribution is -0.123. The van der Waals surface area contributed by atoms with Crippen LogP contribution in [0, 0.1) is 19.8 Å².